The quantitative estimate of drug-likeness (QED) is 0.554. The molecule has 0 heterocycles. The molecule has 1 atom stereocenters. The second-order valence-electron chi connectivity index (χ2n) is 1.70. The van der Waals surface area contributed by atoms with E-state index in [0.29, 0.717) is 12.0 Å². The molecule has 0 saturated carbocycles. The van der Waals surface area contributed by atoms with Crippen LogP contribution in [0.4, 0.5) is 0 Å². The van der Waals surface area contributed by atoms with Gasteiger partial charge in [0.25, 0.3) is 0 Å². The average molecular weight is 166 g/mol. The molecule has 0 rings (SSSR count). The molecule has 0 aliphatic rings. The van der Waals surface area contributed by atoms with Gasteiger partial charge >= 0.3 is 0 Å². The maximum atomic E-state index is 10.2. The third kappa shape index (κ3) is 6.03. The fraction of sp³-hybridized carbons (Fsp3) is 0.800. The van der Waals surface area contributed by atoms with Gasteiger partial charge in [0.15, 0.2) is 0 Å². The Bertz CT molecular complexity index is 106. The first-order valence-corrected chi connectivity index (χ1v) is 3.50. The monoisotopic (exact) mass is 166 g/mol. The molecular weight excluding hydrogens is 156 g/mol. The summed E-state index contributed by atoms with van der Waals surface area (Å²) in [6.45, 7) is 0.981. The van der Waals surface area contributed by atoms with Gasteiger partial charge in [-0.1, -0.05) is 0 Å². The van der Waals surface area contributed by atoms with Gasteiger partial charge < -0.3 is 14.4 Å². The van der Waals surface area contributed by atoms with Crippen LogP contribution in [0.5, 0.6) is 0 Å². The van der Waals surface area contributed by atoms with Crippen LogP contribution >= 0.6 is 12.0 Å². The summed E-state index contributed by atoms with van der Waals surface area (Å²) in [5.74, 6) is 0. The van der Waals surface area contributed by atoms with Crippen LogP contribution in [0.1, 0.15) is 6.92 Å². The minimum Gasteiger partial charge on any atom is -0.394 e. The summed E-state index contributed by atoms with van der Waals surface area (Å²) in [6, 6.07) is 0. The first-order chi connectivity index (χ1) is 4.66. The highest BCUT2D eigenvalue weighted by Gasteiger charge is 2.02. The van der Waals surface area contributed by atoms with Gasteiger partial charge in [-0.15, -0.1) is 0 Å². The second-order valence-corrected chi connectivity index (χ2v) is 2.67. The summed E-state index contributed by atoms with van der Waals surface area (Å²) in [5.41, 5.74) is 0. The Morgan fingerprint density at radius 2 is 2.40 bits per heavy atom. The Morgan fingerprint density at radius 3 is 2.80 bits per heavy atom. The number of carbonyl (C=O) groups is 1. The Hall–Kier alpha value is -0.100. The lowest BCUT2D eigenvalue weighted by molar-refractivity contribution is -0.109. The number of carbonyl (C=O) groups excluding carboxylic acids is 1. The largest absolute Gasteiger partial charge is 0.394 e. The maximum absolute atomic E-state index is 10.2. The van der Waals surface area contributed by atoms with E-state index in [2.05, 4.69) is 4.18 Å². The Kier molecular flexibility index (Phi) is 5.61. The first-order valence-electron chi connectivity index (χ1n) is 2.75. The van der Waals surface area contributed by atoms with Gasteiger partial charge in [-0.2, -0.15) is 0 Å². The molecule has 0 aromatic carbocycles. The van der Waals surface area contributed by atoms with Crippen molar-refractivity contribution in [1.29, 1.82) is 0 Å². The van der Waals surface area contributed by atoms with E-state index in [4.69, 9.17) is 10.2 Å². The molecule has 0 aromatic heterocycles. The van der Waals surface area contributed by atoms with E-state index in [0.717, 1.165) is 0 Å². The highest BCUT2D eigenvalue weighted by atomic mass is 32.2. The van der Waals surface area contributed by atoms with Crippen LogP contribution < -0.4 is 0 Å². The van der Waals surface area contributed by atoms with E-state index in [1.165, 1.54) is 6.92 Å². The molecule has 0 amide bonds. The topological polar surface area (TPSA) is 66.8 Å². The van der Waals surface area contributed by atoms with Crippen molar-refractivity contribution in [3.8, 4) is 0 Å². The number of aliphatic hydroxyl groups is 2. The van der Waals surface area contributed by atoms with E-state index in [-0.39, 0.29) is 18.3 Å². The molecule has 0 spiro atoms. The van der Waals surface area contributed by atoms with Crippen LogP contribution in [0.15, 0.2) is 0 Å². The van der Waals surface area contributed by atoms with Gasteiger partial charge in [-0.05, 0) is 0 Å². The van der Waals surface area contributed by atoms with Gasteiger partial charge in [-0.25, -0.2) is 0 Å². The minimum atomic E-state index is -0.896. The van der Waals surface area contributed by atoms with Crippen molar-refractivity contribution in [1.82, 2.24) is 0 Å². The molecule has 10 heavy (non-hydrogen) atoms. The molecule has 0 aliphatic heterocycles. The predicted molar refractivity (Wildman–Crippen MR) is 37.3 cm³/mol. The number of hydrogen-bond donors (Lipinski definition) is 2. The Labute approximate surface area is 63.4 Å². The number of aliphatic hydroxyl groups excluding tert-OH is 2. The predicted octanol–water partition coefficient (Wildman–Crippen LogP) is -0.449. The van der Waals surface area contributed by atoms with Crippen molar-refractivity contribution in [2.75, 3.05) is 13.2 Å². The van der Waals surface area contributed by atoms with Crippen LogP contribution in [0, 0.1) is 0 Å². The van der Waals surface area contributed by atoms with Gasteiger partial charge in [0.1, 0.15) is 6.10 Å². The molecule has 0 fully saturated rings. The van der Waals surface area contributed by atoms with E-state index in [9.17, 15) is 4.79 Å². The van der Waals surface area contributed by atoms with E-state index >= 15 is 0 Å². The highest BCUT2D eigenvalue weighted by molar-refractivity contribution is 8.09. The molecule has 4 nitrogen and oxygen atoms in total. The number of rotatable bonds is 4. The van der Waals surface area contributed by atoms with E-state index < -0.39 is 6.10 Å². The molecule has 0 radical (unpaired) electrons. The van der Waals surface area contributed by atoms with Gasteiger partial charge in [-0.3, -0.25) is 4.79 Å². The smallest absolute Gasteiger partial charge is 0.212 e. The molecular formula is C5H10O4S. The molecule has 0 bridgehead atoms. The lowest BCUT2D eigenvalue weighted by atomic mass is 10.4. The third-order valence-electron chi connectivity index (χ3n) is 0.647. The van der Waals surface area contributed by atoms with Crippen LogP contribution in [0.2, 0.25) is 0 Å². The molecule has 0 saturated heterocycles. The summed E-state index contributed by atoms with van der Waals surface area (Å²) in [4.78, 5) is 10.2. The fourth-order valence-electron chi connectivity index (χ4n) is 0.248. The summed E-state index contributed by atoms with van der Waals surface area (Å²) in [7, 11) is 0. The summed E-state index contributed by atoms with van der Waals surface area (Å²) in [6.07, 6.45) is -0.896. The molecule has 1 unspecified atom stereocenters. The zero-order valence-electron chi connectivity index (χ0n) is 5.61. The van der Waals surface area contributed by atoms with Crippen LogP contribution in [-0.4, -0.2) is 34.6 Å². The van der Waals surface area contributed by atoms with Crippen molar-refractivity contribution in [3.05, 3.63) is 0 Å². The van der Waals surface area contributed by atoms with Crippen molar-refractivity contribution < 1.29 is 19.2 Å². The molecule has 5 heteroatoms. The molecule has 60 valence electrons. The molecule has 0 aliphatic carbocycles. The third-order valence-corrected chi connectivity index (χ3v) is 1.14. The lowest BCUT2D eigenvalue weighted by Gasteiger charge is -2.04. The second kappa shape index (κ2) is 5.67. The van der Waals surface area contributed by atoms with E-state index in [1.54, 1.807) is 0 Å². The van der Waals surface area contributed by atoms with Gasteiger partial charge in [0, 0.05) is 6.92 Å². The van der Waals surface area contributed by atoms with Gasteiger partial charge in [0.2, 0.25) is 5.12 Å². The minimum absolute atomic E-state index is 0.0270. The van der Waals surface area contributed by atoms with E-state index in [1.807, 2.05) is 0 Å². The van der Waals surface area contributed by atoms with Crippen LogP contribution in [0.3, 0.4) is 0 Å². The maximum Gasteiger partial charge on any atom is 0.212 e. The summed E-state index contributed by atoms with van der Waals surface area (Å²) in [5, 5.41) is 16.8. The molecule has 2 N–H and O–H groups in total. The fourth-order valence-corrected chi connectivity index (χ4v) is 0.639. The van der Waals surface area contributed by atoms with Crippen molar-refractivity contribution in [3.63, 3.8) is 0 Å². The van der Waals surface area contributed by atoms with Crippen molar-refractivity contribution in [2.24, 2.45) is 0 Å². The standard InChI is InChI=1S/C5H10O4S/c1-4(7)10-9-3-5(8)2-6/h5-6,8H,2-3H2,1H3. The zero-order chi connectivity index (χ0) is 7.98. The highest BCUT2D eigenvalue weighted by Crippen LogP contribution is 2.03. The van der Waals surface area contributed by atoms with Gasteiger partial charge in [0.05, 0.1) is 25.3 Å². The van der Waals surface area contributed by atoms with Crippen molar-refractivity contribution in [2.45, 2.75) is 13.0 Å². The van der Waals surface area contributed by atoms with Crippen molar-refractivity contribution >= 4 is 17.2 Å². The normalized spacial score (nSPS) is 13.1. The van der Waals surface area contributed by atoms with Crippen LogP contribution in [0.25, 0.3) is 0 Å². The lowest BCUT2D eigenvalue weighted by Crippen LogP contribution is -2.17. The first kappa shape index (κ1) is 9.90. The molecule has 0 aromatic rings. The summed E-state index contributed by atoms with van der Waals surface area (Å²) < 4.78 is 4.60. The van der Waals surface area contributed by atoms with Crippen LogP contribution in [-0.2, 0) is 8.98 Å². The Balaban J connectivity index is 3.11. The Morgan fingerprint density at radius 1 is 1.80 bits per heavy atom. The average Bonchev–Trinajstić information content (AvgIpc) is 1.87. The number of hydrogen-bond acceptors (Lipinski definition) is 5. The zero-order valence-corrected chi connectivity index (χ0v) is 6.43. The SMILES string of the molecule is CC(=O)SOCC(O)CO. The summed E-state index contributed by atoms with van der Waals surface area (Å²) >= 11 is 0.665.